The van der Waals surface area contributed by atoms with Crippen molar-refractivity contribution in [1.82, 2.24) is 4.90 Å². The number of Topliss-reactive ketones (excluding diaryl/α,β-unsaturated/α-hetero) is 1. The molecular weight excluding hydrogens is 362 g/mol. The van der Waals surface area contributed by atoms with E-state index < -0.39 is 17.7 Å². The molecule has 1 amide bonds. The molecule has 2 aromatic carbocycles. The molecule has 2 N–H and O–H groups in total. The van der Waals surface area contributed by atoms with Gasteiger partial charge in [-0.1, -0.05) is 12.1 Å². The lowest BCUT2D eigenvalue weighted by Gasteiger charge is -2.24. The Morgan fingerprint density at radius 3 is 2.00 bits per heavy atom. The monoisotopic (exact) mass is 383 g/mol. The molecular formula is C21H21NO6. The van der Waals surface area contributed by atoms with Crippen LogP contribution < -0.4 is 9.47 Å². The molecule has 1 aliphatic rings. The quantitative estimate of drug-likeness (QED) is 0.451. The van der Waals surface area contributed by atoms with Crippen molar-refractivity contribution in [1.29, 1.82) is 0 Å². The molecule has 1 unspecified atom stereocenters. The fourth-order valence-electron chi connectivity index (χ4n) is 3.26. The van der Waals surface area contributed by atoms with Crippen molar-refractivity contribution in [2.75, 3.05) is 27.4 Å². The number of carbonyl (C=O) groups excluding carboxylic acids is 2. The van der Waals surface area contributed by atoms with Gasteiger partial charge in [0.05, 0.1) is 32.4 Å². The van der Waals surface area contributed by atoms with E-state index >= 15 is 0 Å². The van der Waals surface area contributed by atoms with E-state index in [1.807, 2.05) is 0 Å². The predicted molar refractivity (Wildman–Crippen MR) is 102 cm³/mol. The van der Waals surface area contributed by atoms with Crippen molar-refractivity contribution in [3.8, 4) is 11.5 Å². The summed E-state index contributed by atoms with van der Waals surface area (Å²) in [5.41, 5.74) is 0.999. The number of methoxy groups -OCH3 is 2. The second-order valence-electron chi connectivity index (χ2n) is 6.22. The van der Waals surface area contributed by atoms with Gasteiger partial charge in [0.15, 0.2) is 0 Å². The van der Waals surface area contributed by atoms with Crippen LogP contribution in [-0.4, -0.2) is 54.2 Å². The van der Waals surface area contributed by atoms with Gasteiger partial charge >= 0.3 is 0 Å². The molecule has 0 saturated carbocycles. The first-order valence-electron chi connectivity index (χ1n) is 8.69. The van der Waals surface area contributed by atoms with Gasteiger partial charge in [-0.05, 0) is 42.0 Å². The summed E-state index contributed by atoms with van der Waals surface area (Å²) < 4.78 is 10.3. The molecule has 1 fully saturated rings. The first kappa shape index (κ1) is 19.4. The normalized spacial score (nSPS) is 18.4. The van der Waals surface area contributed by atoms with Crippen molar-refractivity contribution in [2.24, 2.45) is 0 Å². The number of ether oxygens (including phenoxy) is 2. The molecule has 1 heterocycles. The van der Waals surface area contributed by atoms with E-state index in [0.717, 1.165) is 0 Å². The third-order valence-corrected chi connectivity index (χ3v) is 4.68. The number of carbonyl (C=O) groups is 2. The minimum Gasteiger partial charge on any atom is -0.507 e. The summed E-state index contributed by atoms with van der Waals surface area (Å²) in [6.07, 6.45) is 0. The van der Waals surface area contributed by atoms with Gasteiger partial charge in [0, 0.05) is 12.1 Å². The van der Waals surface area contributed by atoms with Crippen LogP contribution in [0.4, 0.5) is 0 Å². The number of ketones is 1. The van der Waals surface area contributed by atoms with Gasteiger partial charge < -0.3 is 24.6 Å². The van der Waals surface area contributed by atoms with Crippen LogP contribution in [0, 0.1) is 0 Å². The molecule has 1 atom stereocenters. The van der Waals surface area contributed by atoms with Crippen molar-refractivity contribution in [3.05, 3.63) is 65.2 Å². The standard InChI is InChI=1S/C21H21NO6/c1-27-15-7-3-13(4-8-15)18-17(20(25)21(26)22(18)11-12-23)19(24)14-5-9-16(28-2)10-6-14/h3-10,18,23-24H,11-12H2,1-2H3/b19-17+. The molecule has 1 aliphatic heterocycles. The Labute approximate surface area is 162 Å². The fraction of sp³-hybridized carbons (Fsp3) is 0.238. The Kier molecular flexibility index (Phi) is 5.65. The number of amides is 1. The number of likely N-dealkylation sites (tertiary alicyclic amines) is 1. The largest absolute Gasteiger partial charge is 0.507 e. The summed E-state index contributed by atoms with van der Waals surface area (Å²) in [5, 5.41) is 20.2. The number of β-amino-alcohol motifs (C(OH)–C–C–N with tert-alkyl or cyclic N) is 1. The van der Waals surface area contributed by atoms with Crippen LogP contribution in [0.2, 0.25) is 0 Å². The summed E-state index contributed by atoms with van der Waals surface area (Å²) in [5.74, 6) is -0.600. The molecule has 0 bridgehead atoms. The highest BCUT2D eigenvalue weighted by Gasteiger charge is 2.45. The minimum atomic E-state index is -0.805. The summed E-state index contributed by atoms with van der Waals surface area (Å²) in [4.78, 5) is 26.5. The maximum Gasteiger partial charge on any atom is 0.295 e. The van der Waals surface area contributed by atoms with E-state index in [0.29, 0.717) is 22.6 Å². The van der Waals surface area contributed by atoms with Gasteiger partial charge in [0.1, 0.15) is 17.3 Å². The lowest BCUT2D eigenvalue weighted by Crippen LogP contribution is -2.32. The van der Waals surface area contributed by atoms with Gasteiger partial charge in [-0.15, -0.1) is 0 Å². The first-order chi connectivity index (χ1) is 13.5. The Bertz CT molecular complexity index is 901. The Hall–Kier alpha value is -3.32. The maximum atomic E-state index is 12.7. The molecule has 7 heteroatoms. The van der Waals surface area contributed by atoms with E-state index in [1.165, 1.54) is 19.1 Å². The van der Waals surface area contributed by atoms with Gasteiger partial charge in [0.2, 0.25) is 0 Å². The van der Waals surface area contributed by atoms with Crippen LogP contribution in [0.1, 0.15) is 17.2 Å². The molecule has 2 aromatic rings. The zero-order valence-corrected chi connectivity index (χ0v) is 15.6. The van der Waals surface area contributed by atoms with Gasteiger partial charge in [-0.25, -0.2) is 0 Å². The number of hydrogen-bond acceptors (Lipinski definition) is 6. The Morgan fingerprint density at radius 1 is 0.964 bits per heavy atom. The molecule has 0 spiro atoms. The molecule has 1 saturated heterocycles. The maximum absolute atomic E-state index is 12.7. The van der Waals surface area contributed by atoms with Crippen molar-refractivity contribution in [2.45, 2.75) is 6.04 Å². The van der Waals surface area contributed by atoms with Crippen LogP contribution in [0.3, 0.4) is 0 Å². The Balaban J connectivity index is 2.13. The Morgan fingerprint density at radius 2 is 1.50 bits per heavy atom. The number of hydrogen-bond donors (Lipinski definition) is 2. The molecule has 0 radical (unpaired) electrons. The lowest BCUT2D eigenvalue weighted by atomic mass is 9.95. The summed E-state index contributed by atoms with van der Waals surface area (Å²) in [7, 11) is 3.06. The summed E-state index contributed by atoms with van der Waals surface area (Å²) in [6.45, 7) is -0.330. The molecule has 7 nitrogen and oxygen atoms in total. The molecule has 0 aromatic heterocycles. The van der Waals surface area contributed by atoms with Crippen molar-refractivity contribution in [3.63, 3.8) is 0 Å². The highest BCUT2D eigenvalue weighted by molar-refractivity contribution is 6.46. The fourth-order valence-corrected chi connectivity index (χ4v) is 3.26. The number of benzene rings is 2. The van der Waals surface area contributed by atoms with E-state index in [4.69, 9.17) is 9.47 Å². The molecule has 0 aliphatic carbocycles. The van der Waals surface area contributed by atoms with E-state index in [2.05, 4.69) is 0 Å². The van der Waals surface area contributed by atoms with Gasteiger partial charge in [-0.3, -0.25) is 9.59 Å². The second kappa shape index (κ2) is 8.14. The van der Waals surface area contributed by atoms with Gasteiger partial charge in [0.25, 0.3) is 11.7 Å². The van der Waals surface area contributed by atoms with Crippen LogP contribution in [0.25, 0.3) is 5.76 Å². The minimum absolute atomic E-state index is 0.0196. The average molecular weight is 383 g/mol. The second-order valence-corrected chi connectivity index (χ2v) is 6.22. The van der Waals surface area contributed by atoms with Crippen molar-refractivity contribution < 1.29 is 29.3 Å². The average Bonchev–Trinajstić information content (AvgIpc) is 2.98. The first-order valence-corrected chi connectivity index (χ1v) is 8.69. The summed E-state index contributed by atoms with van der Waals surface area (Å²) in [6, 6.07) is 12.6. The van der Waals surface area contributed by atoms with Crippen LogP contribution in [0.5, 0.6) is 11.5 Å². The van der Waals surface area contributed by atoms with E-state index in [-0.39, 0.29) is 24.5 Å². The summed E-state index contributed by atoms with van der Waals surface area (Å²) >= 11 is 0. The van der Waals surface area contributed by atoms with Crippen LogP contribution in [0.15, 0.2) is 54.1 Å². The highest BCUT2D eigenvalue weighted by atomic mass is 16.5. The number of rotatable bonds is 6. The van der Waals surface area contributed by atoms with Crippen LogP contribution >= 0.6 is 0 Å². The molecule has 3 rings (SSSR count). The highest BCUT2D eigenvalue weighted by Crippen LogP contribution is 2.39. The predicted octanol–water partition coefficient (Wildman–Crippen LogP) is 2.12. The smallest absolute Gasteiger partial charge is 0.295 e. The van der Waals surface area contributed by atoms with Crippen LogP contribution in [-0.2, 0) is 9.59 Å². The number of aliphatic hydroxyl groups is 2. The third-order valence-electron chi connectivity index (χ3n) is 4.68. The van der Waals surface area contributed by atoms with Crippen molar-refractivity contribution >= 4 is 17.4 Å². The molecule has 28 heavy (non-hydrogen) atoms. The number of nitrogens with zero attached hydrogens (tertiary/aromatic N) is 1. The SMILES string of the molecule is COc1ccc(/C(O)=C2\C(=O)C(=O)N(CCO)C2c2ccc(OC)cc2)cc1. The van der Waals surface area contributed by atoms with E-state index in [9.17, 15) is 19.8 Å². The lowest BCUT2D eigenvalue weighted by molar-refractivity contribution is -0.140. The molecule has 146 valence electrons. The van der Waals surface area contributed by atoms with E-state index in [1.54, 1.807) is 48.5 Å². The third kappa shape index (κ3) is 3.44. The van der Waals surface area contributed by atoms with Gasteiger partial charge in [-0.2, -0.15) is 0 Å². The topological polar surface area (TPSA) is 96.3 Å². The zero-order chi connectivity index (χ0) is 20.3. The zero-order valence-electron chi connectivity index (χ0n) is 15.6. The number of aliphatic hydroxyl groups excluding tert-OH is 2.